The predicted molar refractivity (Wildman–Crippen MR) is 68.9 cm³/mol. The normalized spacial score (nSPS) is 16.2. The van der Waals surface area contributed by atoms with Crippen molar-refractivity contribution in [3.63, 3.8) is 0 Å². The van der Waals surface area contributed by atoms with Crippen LogP contribution in [0.5, 0.6) is 0 Å². The Kier molecular flexibility index (Phi) is 7.99. The molecule has 0 rings (SSSR count). The van der Waals surface area contributed by atoms with Gasteiger partial charge in [0, 0.05) is 6.42 Å². The van der Waals surface area contributed by atoms with E-state index in [4.69, 9.17) is 0 Å². The van der Waals surface area contributed by atoms with Crippen LogP contribution in [0.4, 0.5) is 22.0 Å². The lowest BCUT2D eigenvalue weighted by atomic mass is 9.91. The number of hydrogen-bond donors (Lipinski definition) is 1. The van der Waals surface area contributed by atoms with Crippen LogP contribution in [0.2, 0.25) is 0 Å². The van der Waals surface area contributed by atoms with Crippen molar-refractivity contribution < 1.29 is 27.1 Å². The predicted octanol–water partition coefficient (Wildman–Crippen LogP) is 5.47. The van der Waals surface area contributed by atoms with Crippen molar-refractivity contribution in [1.29, 1.82) is 0 Å². The molecule has 0 aliphatic rings. The quantitative estimate of drug-likeness (QED) is 0.419. The molecule has 20 heavy (non-hydrogen) atoms. The van der Waals surface area contributed by atoms with Gasteiger partial charge in [0.2, 0.25) is 0 Å². The summed E-state index contributed by atoms with van der Waals surface area (Å²) in [6.45, 7) is 3.14. The van der Waals surface area contributed by atoms with Gasteiger partial charge in [-0.25, -0.2) is 0 Å². The average molecular weight is 304 g/mol. The van der Waals surface area contributed by atoms with Crippen LogP contribution in [0.3, 0.4) is 0 Å². The Balaban J connectivity index is 3.96. The number of rotatable bonds is 10. The van der Waals surface area contributed by atoms with E-state index in [1.54, 1.807) is 0 Å². The molecular formula is C14H25F5O. The van der Waals surface area contributed by atoms with Crippen LogP contribution in [0.1, 0.15) is 71.6 Å². The molecule has 0 radical (unpaired) electrons. The second kappa shape index (κ2) is 8.15. The molecular weight excluding hydrogens is 279 g/mol. The Bertz CT molecular complexity index is 261. The molecule has 6 heteroatoms. The van der Waals surface area contributed by atoms with Crippen LogP contribution in [0.15, 0.2) is 0 Å². The Morgan fingerprint density at radius 2 is 1.25 bits per heavy atom. The SMILES string of the molecule is CCCCCCCCCC(C)(O)CC(F)(F)C(F)(F)F. The van der Waals surface area contributed by atoms with Crippen LogP contribution in [-0.2, 0) is 0 Å². The summed E-state index contributed by atoms with van der Waals surface area (Å²) in [6, 6.07) is 0. The molecule has 0 aliphatic carbocycles. The Labute approximate surface area is 117 Å². The number of aliphatic hydroxyl groups is 1. The first-order valence-corrected chi connectivity index (χ1v) is 7.19. The lowest BCUT2D eigenvalue weighted by Crippen LogP contribution is -2.43. The van der Waals surface area contributed by atoms with Crippen LogP contribution in [0, 0.1) is 0 Å². The molecule has 0 aliphatic heterocycles. The van der Waals surface area contributed by atoms with E-state index in [1.165, 1.54) is 0 Å². The first-order chi connectivity index (χ1) is 9.02. The summed E-state index contributed by atoms with van der Waals surface area (Å²) < 4.78 is 61.9. The van der Waals surface area contributed by atoms with Crippen molar-refractivity contribution in [3.8, 4) is 0 Å². The van der Waals surface area contributed by atoms with Gasteiger partial charge in [-0.15, -0.1) is 0 Å². The topological polar surface area (TPSA) is 20.2 Å². The highest BCUT2D eigenvalue weighted by molar-refractivity contribution is 4.86. The van der Waals surface area contributed by atoms with Crippen molar-refractivity contribution in [2.75, 3.05) is 0 Å². The minimum absolute atomic E-state index is 0.0353. The van der Waals surface area contributed by atoms with Crippen LogP contribution < -0.4 is 0 Å². The summed E-state index contributed by atoms with van der Waals surface area (Å²) in [5.74, 6) is -4.84. The second-order valence-electron chi connectivity index (χ2n) is 5.75. The Morgan fingerprint density at radius 1 is 0.800 bits per heavy atom. The molecule has 0 saturated heterocycles. The van der Waals surface area contributed by atoms with Crippen molar-refractivity contribution in [3.05, 3.63) is 0 Å². The van der Waals surface area contributed by atoms with Gasteiger partial charge in [0.25, 0.3) is 0 Å². The summed E-state index contributed by atoms with van der Waals surface area (Å²) in [4.78, 5) is 0. The summed E-state index contributed by atoms with van der Waals surface area (Å²) in [7, 11) is 0. The molecule has 1 N–H and O–H groups in total. The molecule has 0 aromatic rings. The molecule has 0 heterocycles. The number of alkyl halides is 5. The van der Waals surface area contributed by atoms with E-state index in [-0.39, 0.29) is 6.42 Å². The standard InChI is InChI=1S/C14H25F5O/c1-3-4-5-6-7-8-9-10-12(2,20)11-13(15,16)14(17,18)19/h20H,3-11H2,1-2H3. The zero-order valence-corrected chi connectivity index (χ0v) is 12.2. The van der Waals surface area contributed by atoms with Gasteiger partial charge in [0.05, 0.1) is 5.60 Å². The average Bonchev–Trinajstić information content (AvgIpc) is 2.24. The van der Waals surface area contributed by atoms with Gasteiger partial charge >= 0.3 is 12.1 Å². The molecule has 0 bridgehead atoms. The van der Waals surface area contributed by atoms with Crippen LogP contribution in [-0.4, -0.2) is 22.8 Å². The van der Waals surface area contributed by atoms with E-state index in [9.17, 15) is 27.1 Å². The van der Waals surface area contributed by atoms with Gasteiger partial charge < -0.3 is 5.11 Å². The molecule has 122 valence electrons. The highest BCUT2D eigenvalue weighted by Gasteiger charge is 2.59. The highest BCUT2D eigenvalue weighted by Crippen LogP contribution is 2.42. The molecule has 1 atom stereocenters. The Morgan fingerprint density at radius 3 is 1.70 bits per heavy atom. The summed E-state index contributed by atoms with van der Waals surface area (Å²) in [6.07, 6.45) is -0.649. The van der Waals surface area contributed by atoms with Crippen LogP contribution in [0.25, 0.3) is 0 Å². The first kappa shape index (κ1) is 19.6. The zero-order valence-electron chi connectivity index (χ0n) is 12.2. The van der Waals surface area contributed by atoms with E-state index in [2.05, 4.69) is 6.92 Å². The number of unbranched alkanes of at least 4 members (excludes halogenated alkanes) is 6. The molecule has 0 amide bonds. The number of halogens is 5. The van der Waals surface area contributed by atoms with E-state index < -0.39 is 24.1 Å². The fraction of sp³-hybridized carbons (Fsp3) is 1.00. The van der Waals surface area contributed by atoms with Gasteiger partial charge in [-0.3, -0.25) is 0 Å². The molecule has 0 spiro atoms. The van der Waals surface area contributed by atoms with Gasteiger partial charge in [0.15, 0.2) is 0 Å². The third-order valence-electron chi connectivity index (χ3n) is 3.34. The smallest absolute Gasteiger partial charge is 0.390 e. The van der Waals surface area contributed by atoms with Crippen molar-refractivity contribution in [1.82, 2.24) is 0 Å². The lowest BCUT2D eigenvalue weighted by Gasteiger charge is -2.29. The van der Waals surface area contributed by atoms with Gasteiger partial charge in [0.1, 0.15) is 0 Å². The largest absolute Gasteiger partial charge is 0.453 e. The number of hydrogen-bond acceptors (Lipinski definition) is 1. The van der Waals surface area contributed by atoms with Crippen molar-refractivity contribution in [2.24, 2.45) is 0 Å². The highest BCUT2D eigenvalue weighted by atomic mass is 19.4. The maximum Gasteiger partial charge on any atom is 0.453 e. The lowest BCUT2D eigenvalue weighted by molar-refractivity contribution is -0.296. The second-order valence-corrected chi connectivity index (χ2v) is 5.75. The van der Waals surface area contributed by atoms with E-state index >= 15 is 0 Å². The summed E-state index contributed by atoms with van der Waals surface area (Å²) in [5.41, 5.74) is -1.98. The maximum atomic E-state index is 12.9. The van der Waals surface area contributed by atoms with Gasteiger partial charge in [-0.1, -0.05) is 51.9 Å². The molecule has 0 aromatic carbocycles. The Hall–Kier alpha value is -0.390. The van der Waals surface area contributed by atoms with E-state index in [1.807, 2.05) is 0 Å². The van der Waals surface area contributed by atoms with Gasteiger partial charge in [-0.05, 0) is 13.3 Å². The van der Waals surface area contributed by atoms with Crippen molar-refractivity contribution in [2.45, 2.75) is 89.3 Å². The maximum absolute atomic E-state index is 12.9. The molecule has 1 nitrogen and oxygen atoms in total. The first-order valence-electron chi connectivity index (χ1n) is 7.19. The molecule has 0 fully saturated rings. The van der Waals surface area contributed by atoms with Crippen molar-refractivity contribution >= 4 is 0 Å². The minimum Gasteiger partial charge on any atom is -0.390 e. The third kappa shape index (κ3) is 8.02. The molecule has 0 aromatic heterocycles. The third-order valence-corrected chi connectivity index (χ3v) is 3.34. The summed E-state index contributed by atoms with van der Waals surface area (Å²) in [5, 5.41) is 9.67. The van der Waals surface area contributed by atoms with Gasteiger partial charge in [-0.2, -0.15) is 22.0 Å². The monoisotopic (exact) mass is 304 g/mol. The van der Waals surface area contributed by atoms with E-state index in [0.717, 1.165) is 45.4 Å². The van der Waals surface area contributed by atoms with E-state index in [0.29, 0.717) is 6.42 Å². The zero-order chi connectivity index (χ0) is 15.9. The molecule has 1 unspecified atom stereocenters. The fourth-order valence-corrected chi connectivity index (χ4v) is 2.13. The summed E-state index contributed by atoms with van der Waals surface area (Å²) >= 11 is 0. The van der Waals surface area contributed by atoms with Crippen LogP contribution >= 0.6 is 0 Å². The fourth-order valence-electron chi connectivity index (χ4n) is 2.13. The minimum atomic E-state index is -5.60. The molecule has 0 saturated carbocycles.